The Morgan fingerprint density at radius 2 is 2.28 bits per heavy atom. The molecule has 6 nitrogen and oxygen atoms in total. The van der Waals surface area contributed by atoms with Crippen LogP contribution in [-0.2, 0) is 19.9 Å². The van der Waals surface area contributed by atoms with Gasteiger partial charge in [0.15, 0.2) is 0 Å². The number of urea groups is 1. The fraction of sp³-hybridized carbons (Fsp3) is 0.364. The molecular weight excluding hydrogens is 256 g/mol. The number of nitrogens with zero attached hydrogens (tertiary/aromatic N) is 1. The summed E-state index contributed by atoms with van der Waals surface area (Å²) < 4.78 is 4.46. The molecule has 7 heteroatoms. The molecule has 1 aliphatic rings. The van der Waals surface area contributed by atoms with Gasteiger partial charge in [-0.15, -0.1) is 0 Å². The minimum absolute atomic E-state index is 0.374. The molecule has 0 unspecified atom stereocenters. The third kappa shape index (κ3) is 1.86. The third-order valence-electron chi connectivity index (χ3n) is 2.89. The van der Waals surface area contributed by atoms with Crippen molar-refractivity contribution in [3.05, 3.63) is 22.4 Å². The van der Waals surface area contributed by atoms with Crippen molar-refractivity contribution in [3.8, 4) is 0 Å². The highest BCUT2D eigenvalue weighted by Gasteiger charge is 2.49. The Morgan fingerprint density at radius 1 is 1.56 bits per heavy atom. The topological polar surface area (TPSA) is 75.7 Å². The smallest absolute Gasteiger partial charge is 0.325 e. The zero-order valence-corrected chi connectivity index (χ0v) is 10.7. The number of hydrogen-bond acceptors (Lipinski definition) is 5. The Bertz CT molecular complexity index is 499. The van der Waals surface area contributed by atoms with Gasteiger partial charge in [0.2, 0.25) is 0 Å². The van der Waals surface area contributed by atoms with Crippen molar-refractivity contribution in [1.29, 1.82) is 0 Å². The van der Waals surface area contributed by atoms with Crippen molar-refractivity contribution < 1.29 is 19.1 Å². The van der Waals surface area contributed by atoms with Gasteiger partial charge in [-0.2, -0.15) is 11.3 Å². The Hall–Kier alpha value is -1.89. The lowest BCUT2D eigenvalue weighted by molar-refractivity contribution is -0.145. The average molecular weight is 268 g/mol. The molecule has 1 aromatic rings. The highest BCUT2D eigenvalue weighted by molar-refractivity contribution is 7.08. The van der Waals surface area contributed by atoms with E-state index in [1.807, 2.05) is 5.38 Å². The summed E-state index contributed by atoms with van der Waals surface area (Å²) in [6, 6.07) is 1.18. The summed E-state index contributed by atoms with van der Waals surface area (Å²) in [4.78, 5) is 36.0. The van der Waals surface area contributed by atoms with Crippen LogP contribution in [0.15, 0.2) is 16.8 Å². The Balaban J connectivity index is 2.26. The highest BCUT2D eigenvalue weighted by Crippen LogP contribution is 2.29. The van der Waals surface area contributed by atoms with Crippen molar-refractivity contribution >= 4 is 29.2 Å². The summed E-state index contributed by atoms with van der Waals surface area (Å²) >= 11 is 1.43. The molecule has 0 aromatic carbocycles. The summed E-state index contributed by atoms with van der Waals surface area (Å²) in [6.07, 6.45) is 0. The van der Waals surface area contributed by atoms with Crippen LogP contribution in [-0.4, -0.2) is 36.5 Å². The van der Waals surface area contributed by atoms with E-state index in [9.17, 15) is 14.4 Å². The SMILES string of the molecule is COC(=O)CN1C(=O)N[C@](C)(c2ccsc2)C1=O. The number of carbonyl (C=O) groups is 3. The molecule has 1 N–H and O–H groups in total. The lowest BCUT2D eigenvalue weighted by atomic mass is 9.95. The van der Waals surface area contributed by atoms with Crippen LogP contribution in [0.3, 0.4) is 0 Å². The van der Waals surface area contributed by atoms with Crippen LogP contribution in [0.2, 0.25) is 0 Å². The molecule has 1 aliphatic heterocycles. The van der Waals surface area contributed by atoms with Gasteiger partial charge in [0.05, 0.1) is 7.11 Å². The monoisotopic (exact) mass is 268 g/mol. The van der Waals surface area contributed by atoms with E-state index in [0.717, 1.165) is 4.90 Å². The van der Waals surface area contributed by atoms with E-state index < -0.39 is 23.4 Å². The average Bonchev–Trinajstić information content (AvgIpc) is 2.93. The molecule has 0 spiro atoms. The predicted octanol–water partition coefficient (Wildman–Crippen LogP) is 0.688. The highest BCUT2D eigenvalue weighted by atomic mass is 32.1. The van der Waals surface area contributed by atoms with Crippen LogP contribution >= 0.6 is 11.3 Å². The maximum Gasteiger partial charge on any atom is 0.325 e. The maximum absolute atomic E-state index is 12.2. The van der Waals surface area contributed by atoms with Crippen molar-refractivity contribution in [2.45, 2.75) is 12.5 Å². The van der Waals surface area contributed by atoms with Gasteiger partial charge in [0.25, 0.3) is 5.91 Å². The molecule has 1 atom stereocenters. The number of carbonyl (C=O) groups excluding carboxylic acids is 3. The number of amides is 3. The first-order chi connectivity index (χ1) is 8.49. The molecule has 18 heavy (non-hydrogen) atoms. The van der Waals surface area contributed by atoms with Crippen molar-refractivity contribution in [2.24, 2.45) is 0 Å². The van der Waals surface area contributed by atoms with Crippen LogP contribution in [0.25, 0.3) is 0 Å². The molecule has 1 saturated heterocycles. The number of thiophene rings is 1. The summed E-state index contributed by atoms with van der Waals surface area (Å²) in [5, 5.41) is 6.21. The second-order valence-electron chi connectivity index (χ2n) is 4.03. The first-order valence-corrected chi connectivity index (χ1v) is 6.17. The Labute approximate surface area is 108 Å². The molecular formula is C11H12N2O4S. The zero-order chi connectivity index (χ0) is 13.3. The van der Waals surface area contributed by atoms with E-state index in [0.29, 0.717) is 5.56 Å². The lowest BCUT2D eigenvalue weighted by Gasteiger charge is -2.20. The molecule has 2 rings (SSSR count). The number of methoxy groups -OCH3 is 1. The normalized spacial score (nSPS) is 23.1. The number of imide groups is 1. The molecule has 96 valence electrons. The van der Waals surface area contributed by atoms with Crippen LogP contribution in [0, 0.1) is 0 Å². The maximum atomic E-state index is 12.2. The van der Waals surface area contributed by atoms with Gasteiger partial charge >= 0.3 is 12.0 Å². The molecule has 0 saturated carbocycles. The fourth-order valence-electron chi connectivity index (χ4n) is 1.78. The molecule has 1 aromatic heterocycles. The van der Waals surface area contributed by atoms with E-state index in [-0.39, 0.29) is 6.54 Å². The van der Waals surface area contributed by atoms with Crippen LogP contribution in [0.5, 0.6) is 0 Å². The van der Waals surface area contributed by atoms with Crippen molar-refractivity contribution in [2.75, 3.05) is 13.7 Å². The van der Waals surface area contributed by atoms with Crippen LogP contribution in [0.1, 0.15) is 12.5 Å². The predicted molar refractivity (Wildman–Crippen MR) is 63.9 cm³/mol. The summed E-state index contributed by atoms with van der Waals surface area (Å²) in [5.41, 5.74) is -0.399. The van der Waals surface area contributed by atoms with Gasteiger partial charge in [-0.1, -0.05) is 0 Å². The van der Waals surface area contributed by atoms with Gasteiger partial charge in [-0.3, -0.25) is 14.5 Å². The number of esters is 1. The minimum Gasteiger partial charge on any atom is -0.468 e. The number of ether oxygens (including phenoxy) is 1. The van der Waals surface area contributed by atoms with Crippen molar-refractivity contribution in [3.63, 3.8) is 0 Å². The van der Waals surface area contributed by atoms with E-state index in [2.05, 4.69) is 10.1 Å². The first-order valence-electron chi connectivity index (χ1n) is 5.22. The van der Waals surface area contributed by atoms with Gasteiger partial charge in [0.1, 0.15) is 12.1 Å². The van der Waals surface area contributed by atoms with Crippen LogP contribution < -0.4 is 5.32 Å². The van der Waals surface area contributed by atoms with E-state index >= 15 is 0 Å². The molecule has 1 fully saturated rings. The van der Waals surface area contributed by atoms with Gasteiger partial charge in [0, 0.05) is 0 Å². The third-order valence-corrected chi connectivity index (χ3v) is 3.57. The summed E-state index contributed by atoms with van der Waals surface area (Å²) in [6.45, 7) is 1.24. The van der Waals surface area contributed by atoms with E-state index in [1.54, 1.807) is 18.4 Å². The summed E-state index contributed by atoms with van der Waals surface area (Å²) in [7, 11) is 1.21. The molecule has 0 radical (unpaired) electrons. The molecule has 2 heterocycles. The largest absolute Gasteiger partial charge is 0.468 e. The quantitative estimate of drug-likeness (QED) is 0.646. The Morgan fingerprint density at radius 3 is 2.83 bits per heavy atom. The molecule has 3 amide bonds. The fourth-order valence-corrected chi connectivity index (χ4v) is 2.54. The van der Waals surface area contributed by atoms with Crippen LogP contribution in [0.4, 0.5) is 4.79 Å². The summed E-state index contributed by atoms with van der Waals surface area (Å²) in [5.74, 6) is -1.08. The van der Waals surface area contributed by atoms with Gasteiger partial charge < -0.3 is 10.1 Å². The Kier molecular flexibility index (Phi) is 3.08. The second-order valence-corrected chi connectivity index (χ2v) is 4.81. The van der Waals surface area contributed by atoms with E-state index in [4.69, 9.17) is 0 Å². The first kappa shape index (κ1) is 12.6. The number of rotatable bonds is 3. The minimum atomic E-state index is -1.11. The van der Waals surface area contributed by atoms with E-state index in [1.165, 1.54) is 18.4 Å². The number of nitrogens with one attached hydrogen (secondary N) is 1. The van der Waals surface area contributed by atoms with Gasteiger partial charge in [-0.25, -0.2) is 4.79 Å². The number of hydrogen-bond donors (Lipinski definition) is 1. The zero-order valence-electron chi connectivity index (χ0n) is 9.93. The molecule has 0 bridgehead atoms. The van der Waals surface area contributed by atoms with Gasteiger partial charge in [-0.05, 0) is 29.3 Å². The second kappa shape index (κ2) is 4.41. The molecule has 0 aliphatic carbocycles. The lowest BCUT2D eigenvalue weighted by Crippen LogP contribution is -2.41. The standard InChI is InChI=1S/C11H12N2O4S/c1-11(7-3-4-18-6-7)9(15)13(10(16)12-11)5-8(14)17-2/h3-4,6H,5H2,1-2H3,(H,12,16)/t11-/m1/s1. The van der Waals surface area contributed by atoms with Crippen molar-refractivity contribution in [1.82, 2.24) is 10.2 Å².